The molecule has 0 aliphatic carbocycles. The number of rotatable bonds is 22. The lowest BCUT2D eigenvalue weighted by molar-refractivity contribution is -0.284. The maximum atomic E-state index is 13.7. The van der Waals surface area contributed by atoms with Crippen LogP contribution in [-0.4, -0.2) is 40.8 Å². The summed E-state index contributed by atoms with van der Waals surface area (Å²) in [7, 11) is -7.41. The van der Waals surface area contributed by atoms with Crippen molar-refractivity contribution in [3.63, 3.8) is 0 Å². The third kappa shape index (κ3) is 11.5. The van der Waals surface area contributed by atoms with Crippen molar-refractivity contribution < 1.29 is 48.0 Å². The van der Waals surface area contributed by atoms with E-state index in [2.05, 4.69) is 60.7 Å². The number of aryl methyl sites for hydroxylation is 2. The zero-order chi connectivity index (χ0) is 46.6. The zero-order valence-corrected chi connectivity index (χ0v) is 37.8. The van der Waals surface area contributed by atoms with Crippen LogP contribution < -0.4 is 31.1 Å². The van der Waals surface area contributed by atoms with E-state index in [0.29, 0.717) is 38.5 Å². The molecular formula is C52H52F10OSi2. The van der Waals surface area contributed by atoms with E-state index in [4.69, 9.17) is 4.12 Å². The Kier molecular flexibility index (Phi) is 16.4. The molecule has 0 saturated heterocycles. The molecule has 6 aromatic carbocycles. The van der Waals surface area contributed by atoms with E-state index >= 15 is 0 Å². The summed E-state index contributed by atoms with van der Waals surface area (Å²) in [5.74, 6) is -9.47. The summed E-state index contributed by atoms with van der Waals surface area (Å²) in [6, 6.07) is 56.4. The predicted molar refractivity (Wildman–Crippen MR) is 245 cm³/mol. The number of alkyl halides is 10. The van der Waals surface area contributed by atoms with Crippen LogP contribution in [-0.2, 0) is 17.0 Å². The molecule has 65 heavy (non-hydrogen) atoms. The van der Waals surface area contributed by atoms with E-state index in [9.17, 15) is 43.9 Å². The Morgan fingerprint density at radius 1 is 0.308 bits per heavy atom. The Morgan fingerprint density at radius 2 is 0.569 bits per heavy atom. The normalized spacial score (nSPS) is 13.0. The lowest BCUT2D eigenvalue weighted by Gasteiger charge is -2.45. The van der Waals surface area contributed by atoms with Crippen LogP contribution in [0.5, 0.6) is 0 Å². The molecule has 0 saturated carbocycles. The van der Waals surface area contributed by atoms with E-state index in [1.807, 2.05) is 109 Å². The number of hydrogen-bond acceptors (Lipinski definition) is 1. The van der Waals surface area contributed by atoms with Crippen molar-refractivity contribution in [3.8, 4) is 0 Å². The van der Waals surface area contributed by atoms with Gasteiger partial charge in [0.25, 0.3) is 16.6 Å². The summed E-state index contributed by atoms with van der Waals surface area (Å²) in [6.45, 7) is 0. The van der Waals surface area contributed by atoms with Gasteiger partial charge >= 0.3 is 24.2 Å². The number of hydrogen-bond donors (Lipinski definition) is 0. The molecule has 0 unspecified atom stereocenters. The lowest BCUT2D eigenvalue weighted by atomic mass is 10.0. The lowest BCUT2D eigenvalue weighted by Crippen LogP contribution is -2.81. The van der Waals surface area contributed by atoms with Gasteiger partial charge in [0, 0.05) is 12.8 Å². The van der Waals surface area contributed by atoms with Crippen LogP contribution in [0, 0.1) is 0 Å². The van der Waals surface area contributed by atoms with Crippen LogP contribution in [0.1, 0.15) is 75.3 Å². The molecule has 0 amide bonds. The van der Waals surface area contributed by atoms with Crippen molar-refractivity contribution in [2.24, 2.45) is 0 Å². The smallest absolute Gasteiger partial charge is 0.435 e. The van der Waals surface area contributed by atoms with Gasteiger partial charge in [-0.05, 0) is 80.8 Å². The van der Waals surface area contributed by atoms with Crippen LogP contribution in [0.3, 0.4) is 0 Å². The first kappa shape index (κ1) is 49.4. The summed E-state index contributed by atoms with van der Waals surface area (Å²) >= 11 is 0. The molecule has 0 bridgehead atoms. The average Bonchev–Trinajstić information content (AvgIpc) is 3.30. The summed E-state index contributed by atoms with van der Waals surface area (Å²) in [6.07, 6.45) is -10.8. The standard InChI is InChI=1S/C52H52F10OSi2/c53-49(54,51(57,58)59)39-23-3-1-9-25-41-27-19-21-37-47(41)64(43-29-11-5-12-30-43,44-31-13-6-14-32-44)63-65(45-33-15-7-16-34-45,46-35-17-8-18-36-46)48-38-22-20-28-42(48)26-10-2-4-24-40-50(55,56)52(60,61)62/h5-8,11-22,27-38H,1-4,9-10,23-26,39-40H2. The predicted octanol–water partition coefficient (Wildman–Crippen LogP) is 11.7. The van der Waals surface area contributed by atoms with Gasteiger partial charge in [-0.1, -0.05) is 196 Å². The van der Waals surface area contributed by atoms with Crippen molar-refractivity contribution >= 4 is 47.8 Å². The molecule has 0 N–H and O–H groups in total. The van der Waals surface area contributed by atoms with Crippen LogP contribution in [0.2, 0.25) is 0 Å². The number of unbranched alkanes of at least 4 members (excludes halogenated alkanes) is 6. The molecule has 0 aliphatic rings. The highest BCUT2D eigenvalue weighted by molar-refractivity contribution is 7.18. The van der Waals surface area contributed by atoms with E-state index in [1.54, 1.807) is 0 Å². The van der Waals surface area contributed by atoms with Crippen molar-refractivity contribution in [3.05, 3.63) is 181 Å². The van der Waals surface area contributed by atoms with E-state index in [1.165, 1.54) is 0 Å². The Hall–Kier alpha value is -4.99. The van der Waals surface area contributed by atoms with Crippen LogP contribution in [0.15, 0.2) is 170 Å². The third-order valence-electron chi connectivity index (χ3n) is 12.0. The first-order valence-corrected chi connectivity index (χ1v) is 25.8. The van der Waals surface area contributed by atoms with Gasteiger partial charge < -0.3 is 4.12 Å². The molecule has 0 atom stereocenters. The summed E-state index contributed by atoms with van der Waals surface area (Å²) in [4.78, 5) is 0. The first-order valence-electron chi connectivity index (χ1n) is 22.0. The van der Waals surface area contributed by atoms with Crippen LogP contribution in [0.25, 0.3) is 0 Å². The molecule has 0 spiro atoms. The fraction of sp³-hybridized carbons (Fsp3) is 0.308. The van der Waals surface area contributed by atoms with Crippen LogP contribution in [0.4, 0.5) is 43.9 Å². The maximum Gasteiger partial charge on any atom is 0.453 e. The minimum Gasteiger partial charge on any atom is -0.435 e. The fourth-order valence-corrected chi connectivity index (χ4v) is 19.8. The monoisotopic (exact) mass is 938 g/mol. The Labute approximate surface area is 376 Å². The highest BCUT2D eigenvalue weighted by Gasteiger charge is 2.58. The molecule has 0 radical (unpaired) electrons. The highest BCUT2D eigenvalue weighted by Crippen LogP contribution is 2.40. The van der Waals surface area contributed by atoms with Crippen molar-refractivity contribution in [2.45, 2.75) is 101 Å². The van der Waals surface area contributed by atoms with E-state index in [0.717, 1.165) is 42.2 Å². The Balaban J connectivity index is 1.48. The van der Waals surface area contributed by atoms with Gasteiger partial charge in [-0.25, -0.2) is 0 Å². The fourth-order valence-electron chi connectivity index (χ4n) is 8.70. The topological polar surface area (TPSA) is 9.23 Å². The van der Waals surface area contributed by atoms with Gasteiger partial charge in [-0.3, -0.25) is 0 Å². The van der Waals surface area contributed by atoms with Gasteiger partial charge in [0.05, 0.1) is 0 Å². The minimum absolute atomic E-state index is 0.207. The second-order valence-electron chi connectivity index (χ2n) is 16.5. The zero-order valence-electron chi connectivity index (χ0n) is 35.8. The summed E-state index contributed by atoms with van der Waals surface area (Å²) in [5.41, 5.74) is 1.95. The maximum absolute atomic E-state index is 13.7. The van der Waals surface area contributed by atoms with Crippen LogP contribution >= 0.6 is 0 Å². The Bertz CT molecular complexity index is 2110. The molecule has 0 heterocycles. The molecule has 6 aromatic rings. The van der Waals surface area contributed by atoms with Gasteiger partial charge in [0.1, 0.15) is 0 Å². The van der Waals surface area contributed by atoms with Crippen molar-refractivity contribution in [1.29, 1.82) is 0 Å². The highest BCUT2D eigenvalue weighted by atomic mass is 28.4. The Morgan fingerprint density at radius 3 is 0.862 bits per heavy atom. The quantitative estimate of drug-likeness (QED) is 0.0285. The number of halogens is 10. The second kappa shape index (κ2) is 21.5. The van der Waals surface area contributed by atoms with Gasteiger partial charge in [-0.15, -0.1) is 0 Å². The molecule has 0 aromatic heterocycles. The molecule has 344 valence electrons. The molecule has 13 heteroatoms. The molecule has 0 aliphatic heterocycles. The largest absolute Gasteiger partial charge is 0.453 e. The van der Waals surface area contributed by atoms with Crippen molar-refractivity contribution in [2.75, 3.05) is 0 Å². The molecular weight excluding hydrogens is 887 g/mol. The minimum atomic E-state index is -5.58. The third-order valence-corrected chi connectivity index (χ3v) is 21.6. The summed E-state index contributed by atoms with van der Waals surface area (Å²) in [5, 5.41) is 5.79. The average molecular weight is 939 g/mol. The van der Waals surface area contributed by atoms with E-state index < -0.39 is 53.7 Å². The summed E-state index contributed by atoms with van der Waals surface area (Å²) < 4.78 is 141. The first-order chi connectivity index (χ1) is 31.0. The van der Waals surface area contributed by atoms with Gasteiger partial charge in [0.15, 0.2) is 0 Å². The second-order valence-corrected chi connectivity index (χ2v) is 23.4. The van der Waals surface area contributed by atoms with Gasteiger partial charge in [0.2, 0.25) is 0 Å². The number of benzene rings is 6. The van der Waals surface area contributed by atoms with Crippen molar-refractivity contribution in [1.82, 2.24) is 0 Å². The SMILES string of the molecule is FC(F)(F)C(F)(F)CCCCCCc1ccccc1[Si](O[Si](c1ccccc1)(c1ccccc1)c1ccccc1CCCCCCC(F)(F)C(F)(F)F)(c1ccccc1)c1ccccc1. The molecule has 1 nitrogen and oxygen atoms in total. The molecule has 0 fully saturated rings. The van der Waals surface area contributed by atoms with Gasteiger partial charge in [-0.2, -0.15) is 43.9 Å². The van der Waals surface area contributed by atoms with E-state index in [-0.39, 0.29) is 25.7 Å². The molecule has 6 rings (SSSR count).